The first-order chi connectivity index (χ1) is 19.2. The largest absolute Gasteiger partial charge is 0.373 e. The van der Waals surface area contributed by atoms with Crippen LogP contribution in [0.3, 0.4) is 0 Å². The van der Waals surface area contributed by atoms with Crippen LogP contribution < -0.4 is 0 Å². The fraction of sp³-hybridized carbons (Fsp3) is 0.895. The number of ether oxygens (including phenoxy) is 1. The van der Waals surface area contributed by atoms with Gasteiger partial charge in [-0.05, 0) is 137 Å². The van der Waals surface area contributed by atoms with Crippen molar-refractivity contribution in [3.05, 3.63) is 24.3 Å². The molecule has 0 amide bonds. The second kappa shape index (κ2) is 18.1. The van der Waals surface area contributed by atoms with Gasteiger partial charge in [0.2, 0.25) is 0 Å². The van der Waals surface area contributed by atoms with E-state index in [9.17, 15) is 0 Å². The van der Waals surface area contributed by atoms with Crippen LogP contribution in [0, 0.1) is 47.3 Å². The first-order valence-electron chi connectivity index (χ1n) is 18.1. The van der Waals surface area contributed by atoms with Gasteiger partial charge in [-0.2, -0.15) is 0 Å². The average molecular weight is 539 g/mol. The molecule has 1 nitrogen and oxygen atoms in total. The van der Waals surface area contributed by atoms with Gasteiger partial charge >= 0.3 is 0 Å². The highest BCUT2D eigenvalue weighted by Gasteiger charge is 2.31. The van der Waals surface area contributed by atoms with Crippen LogP contribution in [-0.4, -0.2) is 13.2 Å². The quantitative estimate of drug-likeness (QED) is 0.158. The van der Waals surface area contributed by atoms with E-state index in [-0.39, 0.29) is 0 Å². The van der Waals surface area contributed by atoms with Crippen molar-refractivity contribution < 1.29 is 4.74 Å². The zero-order valence-corrected chi connectivity index (χ0v) is 26.3. The molecule has 0 heterocycles. The zero-order valence-electron chi connectivity index (χ0n) is 26.3. The predicted molar refractivity (Wildman–Crippen MR) is 170 cm³/mol. The van der Waals surface area contributed by atoms with Gasteiger partial charge in [0.15, 0.2) is 0 Å². The Balaban J connectivity index is 0.967. The normalized spacial score (nSPS) is 36.6. The molecule has 39 heavy (non-hydrogen) atoms. The Labute approximate surface area is 244 Å². The number of rotatable bonds is 14. The van der Waals surface area contributed by atoms with E-state index in [1.54, 1.807) is 0 Å². The molecule has 4 aliphatic rings. The monoisotopic (exact) mass is 539 g/mol. The van der Waals surface area contributed by atoms with Crippen LogP contribution in [0.1, 0.15) is 155 Å². The lowest BCUT2D eigenvalue weighted by Gasteiger charge is -2.37. The molecule has 0 spiro atoms. The second-order valence-electron chi connectivity index (χ2n) is 14.7. The molecule has 1 heteroatoms. The van der Waals surface area contributed by atoms with Gasteiger partial charge in [0.25, 0.3) is 0 Å². The summed E-state index contributed by atoms with van der Waals surface area (Å²) in [5.74, 6) is 8.19. The van der Waals surface area contributed by atoms with Gasteiger partial charge in [-0.1, -0.05) is 89.5 Å². The highest BCUT2D eigenvalue weighted by atomic mass is 16.5. The van der Waals surface area contributed by atoms with E-state index in [0.717, 1.165) is 60.6 Å². The fourth-order valence-corrected chi connectivity index (χ4v) is 9.42. The minimum absolute atomic E-state index is 0.784. The van der Waals surface area contributed by atoms with Crippen molar-refractivity contribution in [3.8, 4) is 0 Å². The van der Waals surface area contributed by atoms with E-state index in [1.165, 1.54) is 141 Å². The molecule has 0 aromatic heterocycles. The van der Waals surface area contributed by atoms with Crippen LogP contribution in [0.4, 0.5) is 0 Å². The average Bonchev–Trinajstić information content (AvgIpc) is 2.98. The van der Waals surface area contributed by atoms with Gasteiger partial charge in [0, 0.05) is 0 Å². The maximum Gasteiger partial charge on any atom is 0.0651 e. The maximum atomic E-state index is 5.88. The van der Waals surface area contributed by atoms with E-state index in [4.69, 9.17) is 4.74 Å². The summed E-state index contributed by atoms with van der Waals surface area (Å²) in [6.45, 7) is 6.28. The highest BCUT2D eigenvalue weighted by molar-refractivity contribution is 4.90. The van der Waals surface area contributed by atoms with E-state index in [0.29, 0.717) is 0 Å². The molecule has 0 radical (unpaired) electrons. The summed E-state index contributed by atoms with van der Waals surface area (Å²) in [7, 11) is 0. The first kappa shape index (κ1) is 31.4. The standard InChI is InChI=1S/C38H66O/c1-3-9-31-13-21-35(22-14-31)37-25-17-33(18-26-37)11-5-7-29-39-30-8-6-12-34-19-27-38(28-20-34)36-23-15-32(10-4-2)16-24-36/h5-8,31-38H,3-4,9-30H2,1-2H3/t31-,32-,33-,34-,35-,36-,37-,38-. The number of hydrogen-bond donors (Lipinski definition) is 0. The summed E-state index contributed by atoms with van der Waals surface area (Å²) in [5.41, 5.74) is 0. The molecule has 0 aliphatic heterocycles. The Morgan fingerprint density at radius 2 is 0.718 bits per heavy atom. The molecule has 0 N–H and O–H groups in total. The lowest BCUT2D eigenvalue weighted by atomic mass is 9.68. The molecular weight excluding hydrogens is 472 g/mol. The smallest absolute Gasteiger partial charge is 0.0651 e. The van der Waals surface area contributed by atoms with Crippen LogP contribution in [-0.2, 0) is 4.74 Å². The van der Waals surface area contributed by atoms with E-state index in [1.807, 2.05) is 0 Å². The summed E-state index contributed by atoms with van der Waals surface area (Å²) in [6, 6.07) is 0. The molecule has 4 saturated carbocycles. The minimum Gasteiger partial charge on any atom is -0.373 e. The van der Waals surface area contributed by atoms with Crippen molar-refractivity contribution >= 4 is 0 Å². The molecule has 0 atom stereocenters. The lowest BCUT2D eigenvalue weighted by molar-refractivity contribution is 0.143. The third-order valence-electron chi connectivity index (χ3n) is 12.0. The Hall–Kier alpha value is -0.560. The third kappa shape index (κ3) is 11.0. The zero-order chi connectivity index (χ0) is 27.1. The molecule has 224 valence electrons. The van der Waals surface area contributed by atoms with Crippen LogP contribution in [0.5, 0.6) is 0 Å². The Bertz CT molecular complexity index is 603. The molecule has 0 aromatic rings. The van der Waals surface area contributed by atoms with Crippen LogP contribution in [0.25, 0.3) is 0 Å². The van der Waals surface area contributed by atoms with Crippen molar-refractivity contribution in [1.82, 2.24) is 0 Å². The lowest BCUT2D eigenvalue weighted by Crippen LogP contribution is -2.25. The van der Waals surface area contributed by atoms with Crippen molar-refractivity contribution in [3.63, 3.8) is 0 Å². The molecule has 0 aromatic carbocycles. The van der Waals surface area contributed by atoms with Crippen LogP contribution in [0.2, 0.25) is 0 Å². The molecule has 0 bridgehead atoms. The summed E-state index contributed by atoms with van der Waals surface area (Å²) in [4.78, 5) is 0. The van der Waals surface area contributed by atoms with Gasteiger partial charge in [0.05, 0.1) is 13.2 Å². The molecule has 0 saturated heterocycles. The molecule has 4 rings (SSSR count). The van der Waals surface area contributed by atoms with Crippen LogP contribution in [0.15, 0.2) is 24.3 Å². The summed E-state index contributed by atoms with van der Waals surface area (Å²) >= 11 is 0. The Morgan fingerprint density at radius 1 is 0.410 bits per heavy atom. The van der Waals surface area contributed by atoms with E-state index in [2.05, 4.69) is 38.2 Å². The maximum absolute atomic E-state index is 5.88. The van der Waals surface area contributed by atoms with Crippen molar-refractivity contribution in [2.75, 3.05) is 13.2 Å². The topological polar surface area (TPSA) is 9.23 Å². The molecular formula is C38H66O. The van der Waals surface area contributed by atoms with Crippen molar-refractivity contribution in [2.45, 2.75) is 155 Å². The molecule has 4 fully saturated rings. The van der Waals surface area contributed by atoms with Gasteiger partial charge in [-0.25, -0.2) is 0 Å². The van der Waals surface area contributed by atoms with Gasteiger partial charge in [-0.3, -0.25) is 0 Å². The van der Waals surface area contributed by atoms with E-state index < -0.39 is 0 Å². The predicted octanol–water partition coefficient (Wildman–Crippen LogP) is 11.7. The first-order valence-corrected chi connectivity index (χ1v) is 18.1. The second-order valence-corrected chi connectivity index (χ2v) is 14.7. The molecule has 4 aliphatic carbocycles. The fourth-order valence-electron chi connectivity index (χ4n) is 9.42. The summed E-state index contributed by atoms with van der Waals surface area (Å²) < 4.78 is 5.88. The third-order valence-corrected chi connectivity index (χ3v) is 12.0. The van der Waals surface area contributed by atoms with Gasteiger partial charge in [0.1, 0.15) is 0 Å². The summed E-state index contributed by atoms with van der Waals surface area (Å²) in [6.07, 6.45) is 41.8. The Kier molecular flexibility index (Phi) is 14.5. The Morgan fingerprint density at radius 3 is 1.03 bits per heavy atom. The van der Waals surface area contributed by atoms with Crippen LogP contribution >= 0.6 is 0 Å². The minimum atomic E-state index is 0.784. The SMILES string of the molecule is CCC[C@H]1CC[C@H]([C@H]2CC[C@H](CC=CCOCC=CC[C@H]3CC[C@H]([C@H]4CC[C@H](CCC)CC4)CC3)CC2)CC1. The summed E-state index contributed by atoms with van der Waals surface area (Å²) in [5, 5.41) is 0. The number of allylic oxidation sites excluding steroid dienone is 2. The van der Waals surface area contributed by atoms with Crippen molar-refractivity contribution in [1.29, 1.82) is 0 Å². The highest BCUT2D eigenvalue weighted by Crippen LogP contribution is 2.44. The number of hydrogen-bond acceptors (Lipinski definition) is 1. The van der Waals surface area contributed by atoms with Gasteiger partial charge < -0.3 is 4.74 Å². The van der Waals surface area contributed by atoms with Gasteiger partial charge in [-0.15, -0.1) is 0 Å². The van der Waals surface area contributed by atoms with E-state index >= 15 is 0 Å². The van der Waals surface area contributed by atoms with Crippen molar-refractivity contribution in [2.24, 2.45) is 47.3 Å². The molecule has 0 unspecified atom stereocenters.